The van der Waals surface area contributed by atoms with Crippen molar-refractivity contribution in [3.05, 3.63) is 24.0 Å². The highest BCUT2D eigenvalue weighted by atomic mass is 16.3. The number of hydrogen-bond donors (Lipinski definition) is 1. The second-order valence-electron chi connectivity index (χ2n) is 5.82. The molecule has 0 radical (unpaired) electrons. The Kier molecular flexibility index (Phi) is 4.81. The Labute approximate surface area is 116 Å². The molecule has 0 aromatic carbocycles. The van der Waals surface area contributed by atoms with Crippen LogP contribution in [0.5, 0.6) is 0 Å². The molecule has 1 aliphatic heterocycles. The van der Waals surface area contributed by atoms with Crippen molar-refractivity contribution in [2.24, 2.45) is 5.92 Å². The Morgan fingerprint density at radius 2 is 2.00 bits per heavy atom. The van der Waals surface area contributed by atoms with E-state index in [1.165, 1.54) is 11.4 Å². The highest BCUT2D eigenvalue weighted by molar-refractivity contribution is 5.45. The molecule has 1 aromatic rings. The van der Waals surface area contributed by atoms with E-state index in [1.807, 2.05) is 13.1 Å². The molecule has 0 bridgehead atoms. The van der Waals surface area contributed by atoms with Gasteiger partial charge < -0.3 is 10.0 Å². The Hall–Kier alpha value is -1.09. The number of anilines is 1. The summed E-state index contributed by atoms with van der Waals surface area (Å²) < 4.78 is 0. The van der Waals surface area contributed by atoms with Crippen molar-refractivity contribution >= 4 is 5.69 Å². The van der Waals surface area contributed by atoms with Crippen LogP contribution < -0.4 is 4.90 Å². The average molecular weight is 262 g/mol. The summed E-state index contributed by atoms with van der Waals surface area (Å²) in [5.41, 5.74) is 2.40. The second kappa shape index (κ2) is 6.38. The summed E-state index contributed by atoms with van der Waals surface area (Å²) in [6, 6.07) is 4.35. The van der Waals surface area contributed by atoms with Crippen molar-refractivity contribution < 1.29 is 5.11 Å². The molecule has 1 fully saturated rings. The highest BCUT2D eigenvalue weighted by Gasteiger charge is 2.22. The maximum Gasteiger partial charge on any atom is 0.0552 e. The van der Waals surface area contributed by atoms with Crippen molar-refractivity contribution in [2.75, 3.05) is 18.0 Å². The summed E-state index contributed by atoms with van der Waals surface area (Å²) in [5.74, 6) is 0.999. The molecule has 1 N–H and O–H groups in total. The van der Waals surface area contributed by atoms with Crippen LogP contribution in [0.15, 0.2) is 18.3 Å². The van der Waals surface area contributed by atoms with Crippen molar-refractivity contribution in [1.82, 2.24) is 4.98 Å². The maximum absolute atomic E-state index is 9.63. The van der Waals surface area contributed by atoms with Crippen LogP contribution in [0.4, 0.5) is 5.69 Å². The third kappa shape index (κ3) is 3.47. The lowest BCUT2D eigenvalue weighted by atomic mass is 9.92. The number of aliphatic hydroxyl groups excluding tert-OH is 1. The van der Waals surface area contributed by atoms with Gasteiger partial charge in [0.2, 0.25) is 0 Å². The van der Waals surface area contributed by atoms with Crippen molar-refractivity contribution in [2.45, 2.75) is 52.1 Å². The Bertz CT molecular complexity index is 380. The molecule has 1 aliphatic rings. The molecule has 2 rings (SSSR count). The molecule has 2 heterocycles. The smallest absolute Gasteiger partial charge is 0.0552 e. The van der Waals surface area contributed by atoms with Crippen LogP contribution >= 0.6 is 0 Å². The lowest BCUT2D eigenvalue weighted by molar-refractivity contribution is 0.110. The van der Waals surface area contributed by atoms with Crippen LogP contribution in [0.3, 0.4) is 0 Å². The fourth-order valence-corrected chi connectivity index (χ4v) is 2.73. The SMILES string of the molecule is CCC(C)c1ccc(N2CCC(C(C)O)CC2)cn1. The van der Waals surface area contributed by atoms with Gasteiger partial charge in [0.1, 0.15) is 0 Å². The van der Waals surface area contributed by atoms with Gasteiger partial charge in [-0.2, -0.15) is 0 Å². The van der Waals surface area contributed by atoms with Gasteiger partial charge in [0.25, 0.3) is 0 Å². The molecule has 1 aromatic heterocycles. The quantitative estimate of drug-likeness (QED) is 0.905. The lowest BCUT2D eigenvalue weighted by Gasteiger charge is -2.34. The van der Waals surface area contributed by atoms with E-state index in [0.29, 0.717) is 11.8 Å². The van der Waals surface area contributed by atoms with Gasteiger partial charge in [-0.15, -0.1) is 0 Å². The van der Waals surface area contributed by atoms with E-state index < -0.39 is 0 Å². The van der Waals surface area contributed by atoms with E-state index in [2.05, 4.69) is 35.9 Å². The van der Waals surface area contributed by atoms with Crippen molar-refractivity contribution in [3.63, 3.8) is 0 Å². The van der Waals surface area contributed by atoms with Gasteiger partial charge in [0.15, 0.2) is 0 Å². The number of piperidine rings is 1. The largest absolute Gasteiger partial charge is 0.393 e. The van der Waals surface area contributed by atoms with E-state index in [9.17, 15) is 5.11 Å². The maximum atomic E-state index is 9.63. The third-order valence-corrected chi connectivity index (χ3v) is 4.48. The highest BCUT2D eigenvalue weighted by Crippen LogP contribution is 2.26. The van der Waals surface area contributed by atoms with Crippen LogP contribution in [-0.2, 0) is 0 Å². The zero-order chi connectivity index (χ0) is 13.8. The van der Waals surface area contributed by atoms with Crippen LogP contribution in [0.1, 0.15) is 51.6 Å². The number of aliphatic hydroxyl groups is 1. The zero-order valence-electron chi connectivity index (χ0n) is 12.3. The molecule has 19 heavy (non-hydrogen) atoms. The molecule has 0 aliphatic carbocycles. The van der Waals surface area contributed by atoms with Crippen LogP contribution in [0.25, 0.3) is 0 Å². The molecule has 1 saturated heterocycles. The standard InChI is InChI=1S/C16H26N2O/c1-4-12(2)16-6-5-15(11-17-16)18-9-7-14(8-10-18)13(3)19/h5-6,11-14,19H,4,7-10H2,1-3H3. The Morgan fingerprint density at radius 3 is 2.47 bits per heavy atom. The second-order valence-corrected chi connectivity index (χ2v) is 5.82. The molecular formula is C16H26N2O. The monoisotopic (exact) mass is 262 g/mol. The zero-order valence-corrected chi connectivity index (χ0v) is 12.3. The average Bonchev–Trinajstić information content (AvgIpc) is 2.46. The first-order valence-electron chi connectivity index (χ1n) is 7.50. The number of hydrogen-bond acceptors (Lipinski definition) is 3. The van der Waals surface area contributed by atoms with Crippen molar-refractivity contribution in [1.29, 1.82) is 0 Å². The summed E-state index contributed by atoms with van der Waals surface area (Å²) in [6.07, 6.45) is 5.11. The number of aromatic nitrogens is 1. The summed E-state index contributed by atoms with van der Waals surface area (Å²) in [6.45, 7) is 8.37. The summed E-state index contributed by atoms with van der Waals surface area (Å²) >= 11 is 0. The molecule has 3 heteroatoms. The molecule has 2 atom stereocenters. The van der Waals surface area contributed by atoms with Gasteiger partial charge >= 0.3 is 0 Å². The van der Waals surface area contributed by atoms with E-state index >= 15 is 0 Å². The van der Waals surface area contributed by atoms with Crippen LogP contribution in [0.2, 0.25) is 0 Å². The van der Waals surface area contributed by atoms with Crippen LogP contribution in [0, 0.1) is 5.92 Å². The summed E-state index contributed by atoms with van der Waals surface area (Å²) in [5, 5.41) is 9.63. The minimum absolute atomic E-state index is 0.173. The predicted octanol–water partition coefficient (Wildman–Crippen LogP) is 3.19. The number of rotatable bonds is 4. The van der Waals surface area contributed by atoms with E-state index in [0.717, 1.165) is 32.4 Å². The first-order chi connectivity index (χ1) is 9.11. The first-order valence-corrected chi connectivity index (χ1v) is 7.50. The summed E-state index contributed by atoms with van der Waals surface area (Å²) in [7, 11) is 0. The Balaban J connectivity index is 1.96. The number of pyridine rings is 1. The first kappa shape index (κ1) is 14.3. The molecule has 106 valence electrons. The van der Waals surface area contributed by atoms with Crippen LogP contribution in [-0.4, -0.2) is 29.3 Å². The van der Waals surface area contributed by atoms with Gasteiger partial charge in [-0.1, -0.05) is 13.8 Å². The molecule has 0 saturated carbocycles. The normalized spacial score (nSPS) is 20.3. The van der Waals surface area contributed by atoms with Gasteiger partial charge in [-0.3, -0.25) is 4.98 Å². The fourth-order valence-electron chi connectivity index (χ4n) is 2.73. The Morgan fingerprint density at radius 1 is 1.32 bits per heavy atom. The minimum atomic E-state index is -0.173. The van der Waals surface area contributed by atoms with Crippen molar-refractivity contribution in [3.8, 4) is 0 Å². The van der Waals surface area contributed by atoms with E-state index in [1.54, 1.807) is 0 Å². The van der Waals surface area contributed by atoms with Gasteiger partial charge in [-0.25, -0.2) is 0 Å². The molecule has 3 nitrogen and oxygen atoms in total. The minimum Gasteiger partial charge on any atom is -0.393 e. The third-order valence-electron chi connectivity index (χ3n) is 4.48. The van der Waals surface area contributed by atoms with E-state index in [-0.39, 0.29) is 6.10 Å². The molecule has 0 spiro atoms. The molecule has 0 amide bonds. The fraction of sp³-hybridized carbons (Fsp3) is 0.688. The summed E-state index contributed by atoms with van der Waals surface area (Å²) in [4.78, 5) is 6.97. The van der Waals surface area contributed by atoms with Gasteiger partial charge in [0, 0.05) is 18.8 Å². The molecular weight excluding hydrogens is 236 g/mol. The predicted molar refractivity (Wildman–Crippen MR) is 79.6 cm³/mol. The number of nitrogens with zero attached hydrogens (tertiary/aromatic N) is 2. The van der Waals surface area contributed by atoms with Gasteiger partial charge in [-0.05, 0) is 50.2 Å². The van der Waals surface area contributed by atoms with Gasteiger partial charge in [0.05, 0.1) is 18.0 Å². The molecule has 2 unspecified atom stereocenters. The topological polar surface area (TPSA) is 36.4 Å². The van der Waals surface area contributed by atoms with E-state index in [4.69, 9.17) is 0 Å². The lowest BCUT2D eigenvalue weighted by Crippen LogP contribution is -2.37.